The molecule has 0 saturated heterocycles. The van der Waals surface area contributed by atoms with Crippen LogP contribution in [0.4, 0.5) is 11.4 Å². The Kier molecular flexibility index (Phi) is 8.45. The summed E-state index contributed by atoms with van der Waals surface area (Å²) in [5, 5.41) is -1.57. The fraction of sp³-hybridized carbons (Fsp3) is 0.100. The van der Waals surface area contributed by atoms with Gasteiger partial charge in [0.05, 0.1) is 41.3 Å². The number of benzene rings is 3. The maximum absolute atomic E-state index is 13.4. The van der Waals surface area contributed by atoms with Crippen molar-refractivity contribution in [2.75, 3.05) is 21.2 Å². The van der Waals surface area contributed by atoms with Crippen LogP contribution in [0.2, 0.25) is 20.1 Å². The predicted molar refractivity (Wildman–Crippen MR) is 139 cm³/mol. The third kappa shape index (κ3) is 5.48. The van der Waals surface area contributed by atoms with Crippen LogP contribution in [0.1, 0.15) is 0 Å². The van der Waals surface area contributed by atoms with Crippen LogP contribution in [0.5, 0.6) is 0 Å². The van der Waals surface area contributed by atoms with Gasteiger partial charge in [-0.25, -0.2) is 16.8 Å². The van der Waals surface area contributed by atoms with Gasteiger partial charge in [0, 0.05) is 17.1 Å². The van der Waals surface area contributed by atoms with E-state index in [-0.39, 0.29) is 31.2 Å². The third-order valence-electron chi connectivity index (χ3n) is 4.41. The molecule has 0 aliphatic rings. The first-order valence-electron chi connectivity index (χ1n) is 9.19. The second-order valence-electron chi connectivity index (χ2n) is 6.77. The molecule has 0 saturated carbocycles. The van der Waals surface area contributed by atoms with Crippen LogP contribution < -0.4 is 9.03 Å². The van der Waals surface area contributed by atoms with Crippen LogP contribution in [0.15, 0.2) is 70.5 Å². The number of nitrogens with one attached hydrogen (secondary N) is 1. The Bertz CT molecular complexity index is 1420. The molecule has 3 aromatic rings. The maximum atomic E-state index is 13.4. The molecule has 0 aromatic heterocycles. The van der Waals surface area contributed by atoms with Crippen molar-refractivity contribution in [3.8, 4) is 0 Å². The van der Waals surface area contributed by atoms with Crippen molar-refractivity contribution >= 4 is 88.6 Å². The van der Waals surface area contributed by atoms with Gasteiger partial charge in [-0.15, -0.1) is 0 Å². The van der Waals surface area contributed by atoms with E-state index in [0.717, 1.165) is 4.31 Å². The highest BCUT2D eigenvalue weighted by Gasteiger charge is 2.33. The quantitative estimate of drug-likeness (QED) is 0.337. The molecule has 0 aliphatic carbocycles. The summed E-state index contributed by atoms with van der Waals surface area (Å²) in [6.07, 6.45) is 1.29. The van der Waals surface area contributed by atoms with Gasteiger partial charge in [0.15, 0.2) is 0 Å². The highest BCUT2D eigenvalue weighted by atomic mass is 35.5. The van der Waals surface area contributed by atoms with E-state index in [1.807, 2.05) is 0 Å². The molecule has 14 heteroatoms. The molecular weight excluding hydrogens is 586 g/mol. The summed E-state index contributed by atoms with van der Waals surface area (Å²) in [4.78, 5) is -0.193. The molecule has 1 N–H and O–H groups in total. The lowest BCUT2D eigenvalue weighted by atomic mass is 10.2. The molecule has 0 fully saturated rings. The Balaban J connectivity index is 2.20. The van der Waals surface area contributed by atoms with Crippen LogP contribution in [0.25, 0.3) is 0 Å². The van der Waals surface area contributed by atoms with Gasteiger partial charge in [0.25, 0.3) is 20.0 Å². The monoisotopic (exact) mass is 600 g/mol. The van der Waals surface area contributed by atoms with Gasteiger partial charge in [-0.1, -0.05) is 82.8 Å². The predicted octanol–water partition coefficient (Wildman–Crippen LogP) is 5.63. The summed E-state index contributed by atoms with van der Waals surface area (Å²) in [5.41, 5.74) is -0.666. The van der Waals surface area contributed by atoms with Gasteiger partial charge in [0.1, 0.15) is 5.88 Å². The largest absolute Gasteiger partial charge is 0.276 e. The van der Waals surface area contributed by atoms with E-state index in [9.17, 15) is 21.0 Å². The molecular formula is C20H16Cl4N2O5S3. The lowest BCUT2D eigenvalue weighted by Crippen LogP contribution is -2.34. The molecule has 0 heterocycles. The van der Waals surface area contributed by atoms with Crippen molar-refractivity contribution in [3.63, 3.8) is 0 Å². The topological polar surface area (TPSA) is 101 Å². The van der Waals surface area contributed by atoms with E-state index < -0.39 is 46.8 Å². The molecule has 34 heavy (non-hydrogen) atoms. The SMILES string of the molecule is CS(=O)CN(c1c(Cl)c(Cl)c(NS(=O)(=O)c2ccccc2)c(Cl)c1Cl)S(=O)(=O)c1ccccc1. The van der Waals surface area contributed by atoms with E-state index in [4.69, 9.17) is 46.4 Å². The standard InChI is InChI=1S/C20H16Cl4N2O5S3/c1-32(27)12-26(34(30,31)14-10-6-3-7-11-14)20-17(23)15(21)19(16(22)18(20)24)25-33(28,29)13-8-4-2-5-9-13/h2-11,25H,12H2,1H3. The van der Waals surface area contributed by atoms with Crippen molar-refractivity contribution in [1.29, 1.82) is 0 Å². The average Bonchev–Trinajstić information content (AvgIpc) is 2.81. The van der Waals surface area contributed by atoms with Gasteiger partial charge in [-0.3, -0.25) is 13.2 Å². The Labute approximate surface area is 220 Å². The zero-order valence-corrected chi connectivity index (χ0v) is 22.7. The smallest absolute Gasteiger partial charge is 0.265 e. The first-order valence-corrected chi connectivity index (χ1v) is 15.4. The Morgan fingerprint density at radius 3 is 1.65 bits per heavy atom. The maximum Gasteiger partial charge on any atom is 0.265 e. The number of halogens is 4. The minimum absolute atomic E-state index is 0.0758. The minimum atomic E-state index is -4.30. The summed E-state index contributed by atoms with van der Waals surface area (Å²) in [7, 11) is -10.1. The molecule has 0 bridgehead atoms. The molecule has 0 aliphatic heterocycles. The molecule has 0 spiro atoms. The summed E-state index contributed by atoms with van der Waals surface area (Å²) < 4.78 is 67.3. The number of sulfonamides is 2. The lowest BCUT2D eigenvalue weighted by molar-refractivity contribution is 0.592. The molecule has 3 rings (SSSR count). The van der Waals surface area contributed by atoms with Crippen LogP contribution >= 0.6 is 46.4 Å². The van der Waals surface area contributed by atoms with Crippen molar-refractivity contribution in [1.82, 2.24) is 0 Å². The van der Waals surface area contributed by atoms with Gasteiger partial charge < -0.3 is 0 Å². The number of hydrogen-bond acceptors (Lipinski definition) is 5. The molecule has 1 unspecified atom stereocenters. The fourth-order valence-electron chi connectivity index (χ4n) is 2.86. The fourth-order valence-corrected chi connectivity index (χ4v) is 7.96. The van der Waals surface area contributed by atoms with Gasteiger partial charge in [-0.05, 0) is 24.3 Å². The van der Waals surface area contributed by atoms with Crippen molar-refractivity contribution < 1.29 is 21.0 Å². The van der Waals surface area contributed by atoms with Crippen LogP contribution in [0, 0.1) is 0 Å². The average molecular weight is 602 g/mol. The zero-order chi connectivity index (χ0) is 25.3. The van der Waals surface area contributed by atoms with Crippen molar-refractivity contribution in [2.45, 2.75) is 9.79 Å². The zero-order valence-electron chi connectivity index (χ0n) is 17.2. The highest BCUT2D eigenvalue weighted by Crippen LogP contribution is 2.50. The highest BCUT2D eigenvalue weighted by molar-refractivity contribution is 7.94. The third-order valence-corrected chi connectivity index (χ3v) is 10.0. The second kappa shape index (κ2) is 10.6. The Morgan fingerprint density at radius 1 is 0.765 bits per heavy atom. The number of hydrogen-bond donors (Lipinski definition) is 1. The Hall–Kier alpha value is -1.53. The summed E-state index contributed by atoms with van der Waals surface area (Å²) in [5.74, 6) is -0.515. The number of nitrogens with zero attached hydrogens (tertiary/aromatic N) is 1. The van der Waals surface area contributed by atoms with E-state index >= 15 is 0 Å². The van der Waals surface area contributed by atoms with Crippen molar-refractivity contribution in [3.05, 3.63) is 80.8 Å². The van der Waals surface area contributed by atoms with Gasteiger partial charge in [0.2, 0.25) is 0 Å². The first kappa shape index (κ1) is 27.1. The summed E-state index contributed by atoms with van der Waals surface area (Å²) in [6.45, 7) is 0. The lowest BCUT2D eigenvalue weighted by Gasteiger charge is -2.27. The number of rotatable bonds is 8. The van der Waals surface area contributed by atoms with E-state index in [1.54, 1.807) is 12.1 Å². The van der Waals surface area contributed by atoms with E-state index in [2.05, 4.69) is 4.72 Å². The van der Waals surface area contributed by atoms with Crippen LogP contribution in [-0.4, -0.2) is 33.2 Å². The summed E-state index contributed by atoms with van der Waals surface area (Å²) in [6, 6.07) is 14.7. The molecule has 3 aromatic carbocycles. The summed E-state index contributed by atoms with van der Waals surface area (Å²) >= 11 is 25.5. The molecule has 7 nitrogen and oxygen atoms in total. The van der Waals surface area contributed by atoms with E-state index in [0.29, 0.717) is 0 Å². The van der Waals surface area contributed by atoms with E-state index in [1.165, 1.54) is 54.8 Å². The Morgan fingerprint density at radius 2 is 1.21 bits per heavy atom. The molecule has 0 radical (unpaired) electrons. The molecule has 1 atom stereocenters. The first-order chi connectivity index (χ1) is 15.9. The number of anilines is 2. The van der Waals surface area contributed by atoms with Crippen LogP contribution in [-0.2, 0) is 30.8 Å². The van der Waals surface area contributed by atoms with Gasteiger partial charge in [-0.2, -0.15) is 0 Å². The van der Waals surface area contributed by atoms with Crippen molar-refractivity contribution in [2.24, 2.45) is 0 Å². The molecule has 182 valence electrons. The van der Waals surface area contributed by atoms with Gasteiger partial charge >= 0.3 is 0 Å². The second-order valence-corrected chi connectivity index (χ2v) is 13.2. The molecule has 0 amide bonds. The normalized spacial score (nSPS) is 12.9. The minimum Gasteiger partial charge on any atom is -0.276 e. The van der Waals surface area contributed by atoms with Crippen LogP contribution in [0.3, 0.4) is 0 Å².